The van der Waals surface area contributed by atoms with E-state index in [1.54, 1.807) is 41.5 Å². The smallest absolute Gasteiger partial charge is 0.411 e. The van der Waals surface area contributed by atoms with E-state index in [2.05, 4.69) is 10.6 Å². The number of nitrogens with zero attached hydrogens (tertiary/aromatic N) is 2. The lowest BCUT2D eigenvalue weighted by Gasteiger charge is -2.44. The molecule has 0 aromatic rings. The fourth-order valence-electron chi connectivity index (χ4n) is 5.74. The highest BCUT2D eigenvalue weighted by atomic mass is 16.6. The van der Waals surface area contributed by atoms with Crippen LogP contribution in [0.15, 0.2) is 0 Å². The largest absolute Gasteiger partial charge is 0.480 e. The number of ether oxygens (including phenoxy) is 2. The maximum Gasteiger partial charge on any atom is 0.411 e. The molecule has 4 atom stereocenters. The number of rotatable bonds is 15. The van der Waals surface area contributed by atoms with E-state index in [9.17, 15) is 44.1 Å². The van der Waals surface area contributed by atoms with Gasteiger partial charge in [-0.15, -0.1) is 0 Å². The van der Waals surface area contributed by atoms with Crippen LogP contribution in [0.3, 0.4) is 0 Å². The standard InChI is InChI=1S/C32H54N4O11/c1-31(2,3)46-29(44)33-16-11-10-14-21(25(39)28(42)43)34-26(40)22-15-17-35(22)27(41)23(18-20-12-8-7-9-13-20)36(19-24(37)38)30(45)47-32(4,5)6/h20-23,25,39H,7-19H2,1-6H3,(H,33,44)(H,34,40)(H,37,38)(H,42,43)/t21-,22-,23+,25?/m0/s1. The SMILES string of the molecule is CC(C)(C)OC(=O)NCCCC[C@H](NC(=O)[C@@H]1CCN1C(=O)[C@@H](CC1CCCCC1)N(CC(=O)O)C(=O)OC(C)(C)C)C(O)C(=O)O. The number of hydrogen-bond acceptors (Lipinski definition) is 9. The van der Waals surface area contributed by atoms with E-state index in [4.69, 9.17) is 9.47 Å². The minimum absolute atomic E-state index is 0.0740. The summed E-state index contributed by atoms with van der Waals surface area (Å²) in [5, 5.41) is 34.6. The van der Waals surface area contributed by atoms with Gasteiger partial charge < -0.3 is 40.3 Å². The molecule has 0 aromatic heterocycles. The molecule has 268 valence electrons. The molecule has 0 radical (unpaired) electrons. The molecule has 5 N–H and O–H groups in total. The molecule has 2 rings (SSSR count). The Bertz CT molecular complexity index is 1110. The zero-order chi connectivity index (χ0) is 35.5. The number of carboxylic acid groups (broad SMARTS) is 2. The van der Waals surface area contributed by atoms with E-state index in [1.807, 2.05) is 0 Å². The molecular formula is C32H54N4O11. The topological polar surface area (TPSA) is 212 Å². The van der Waals surface area contributed by atoms with Crippen LogP contribution in [0.1, 0.15) is 106 Å². The van der Waals surface area contributed by atoms with Gasteiger partial charge in [-0.3, -0.25) is 19.3 Å². The number of carbonyl (C=O) groups excluding carboxylic acids is 4. The Morgan fingerprint density at radius 1 is 0.894 bits per heavy atom. The van der Waals surface area contributed by atoms with Crippen molar-refractivity contribution in [2.45, 2.75) is 141 Å². The number of aliphatic hydroxyl groups is 1. The summed E-state index contributed by atoms with van der Waals surface area (Å²) < 4.78 is 10.7. The molecule has 2 fully saturated rings. The highest BCUT2D eigenvalue weighted by molar-refractivity contribution is 5.93. The fourth-order valence-corrected chi connectivity index (χ4v) is 5.74. The van der Waals surface area contributed by atoms with Crippen LogP contribution in [0.2, 0.25) is 0 Å². The predicted molar refractivity (Wildman–Crippen MR) is 169 cm³/mol. The molecule has 0 bridgehead atoms. The Morgan fingerprint density at radius 3 is 2.02 bits per heavy atom. The molecule has 0 spiro atoms. The number of carbonyl (C=O) groups is 6. The van der Waals surface area contributed by atoms with Crippen molar-refractivity contribution in [1.82, 2.24) is 20.4 Å². The first-order chi connectivity index (χ1) is 21.8. The first-order valence-corrected chi connectivity index (χ1v) is 16.5. The number of alkyl carbamates (subject to hydrolysis) is 1. The summed E-state index contributed by atoms with van der Waals surface area (Å²) in [5.41, 5.74) is -1.61. The Morgan fingerprint density at radius 2 is 1.51 bits per heavy atom. The molecule has 1 saturated carbocycles. The monoisotopic (exact) mass is 670 g/mol. The van der Waals surface area contributed by atoms with Gasteiger partial charge >= 0.3 is 24.1 Å². The third-order valence-corrected chi connectivity index (χ3v) is 8.05. The molecule has 1 unspecified atom stereocenters. The van der Waals surface area contributed by atoms with Crippen molar-refractivity contribution in [3.05, 3.63) is 0 Å². The lowest BCUT2D eigenvalue weighted by Crippen LogP contribution is -2.65. The Labute approximate surface area is 276 Å². The highest BCUT2D eigenvalue weighted by Gasteiger charge is 2.45. The van der Waals surface area contributed by atoms with Gasteiger partial charge in [-0.05, 0) is 79.6 Å². The molecule has 47 heavy (non-hydrogen) atoms. The van der Waals surface area contributed by atoms with Crippen molar-refractivity contribution in [3.63, 3.8) is 0 Å². The summed E-state index contributed by atoms with van der Waals surface area (Å²) in [6.45, 7) is 9.74. The predicted octanol–water partition coefficient (Wildman–Crippen LogP) is 2.87. The number of likely N-dealkylation sites (tertiary alicyclic amines) is 1. The normalized spacial score (nSPS) is 19.0. The second-order valence-corrected chi connectivity index (χ2v) is 14.4. The van der Waals surface area contributed by atoms with Crippen molar-refractivity contribution in [3.8, 4) is 0 Å². The number of hydrogen-bond donors (Lipinski definition) is 5. The van der Waals surface area contributed by atoms with Crippen LogP contribution in [0.4, 0.5) is 9.59 Å². The third-order valence-electron chi connectivity index (χ3n) is 8.05. The van der Waals surface area contributed by atoms with Crippen LogP contribution in [0.5, 0.6) is 0 Å². The van der Waals surface area contributed by atoms with Crippen LogP contribution in [0.25, 0.3) is 0 Å². The van der Waals surface area contributed by atoms with Crippen molar-refractivity contribution in [2.75, 3.05) is 19.6 Å². The van der Waals surface area contributed by atoms with Gasteiger partial charge in [0.1, 0.15) is 29.8 Å². The highest BCUT2D eigenvalue weighted by Crippen LogP contribution is 2.31. The summed E-state index contributed by atoms with van der Waals surface area (Å²) in [6, 6.07) is -3.36. The summed E-state index contributed by atoms with van der Waals surface area (Å²) in [6.07, 6.45) is 2.47. The number of aliphatic hydroxyl groups excluding tert-OH is 1. The molecule has 2 aliphatic rings. The number of amides is 4. The van der Waals surface area contributed by atoms with Gasteiger partial charge in [0.15, 0.2) is 6.10 Å². The van der Waals surface area contributed by atoms with E-state index in [1.165, 1.54) is 4.90 Å². The fraction of sp³-hybridized carbons (Fsp3) is 0.812. The minimum Gasteiger partial charge on any atom is -0.480 e. The quantitative estimate of drug-likeness (QED) is 0.160. The maximum absolute atomic E-state index is 14.0. The van der Waals surface area contributed by atoms with Crippen LogP contribution < -0.4 is 10.6 Å². The zero-order valence-corrected chi connectivity index (χ0v) is 28.6. The first kappa shape index (κ1) is 39.6. The van der Waals surface area contributed by atoms with E-state index in [-0.39, 0.29) is 38.3 Å². The molecule has 4 amide bonds. The van der Waals surface area contributed by atoms with Gasteiger partial charge in [-0.2, -0.15) is 0 Å². The summed E-state index contributed by atoms with van der Waals surface area (Å²) in [4.78, 5) is 78.2. The number of carboxylic acids is 2. The van der Waals surface area contributed by atoms with Crippen molar-refractivity contribution < 1.29 is 53.6 Å². The van der Waals surface area contributed by atoms with Crippen LogP contribution in [-0.4, -0.2) is 116 Å². The lowest BCUT2D eigenvalue weighted by molar-refractivity contribution is -0.155. The second-order valence-electron chi connectivity index (χ2n) is 14.4. The van der Waals surface area contributed by atoms with Gasteiger partial charge in [0.2, 0.25) is 11.8 Å². The average molecular weight is 671 g/mol. The molecule has 0 aromatic carbocycles. The number of aliphatic carboxylic acids is 2. The van der Waals surface area contributed by atoms with Crippen molar-refractivity contribution in [1.29, 1.82) is 0 Å². The van der Waals surface area contributed by atoms with E-state index >= 15 is 0 Å². The van der Waals surface area contributed by atoms with Crippen LogP contribution in [0, 0.1) is 5.92 Å². The molecule has 15 nitrogen and oxygen atoms in total. The lowest BCUT2D eigenvalue weighted by atomic mass is 9.83. The average Bonchev–Trinajstić information content (AvgIpc) is 2.91. The maximum atomic E-state index is 14.0. The van der Waals surface area contributed by atoms with E-state index < -0.39 is 77.9 Å². The molecule has 1 aliphatic carbocycles. The Kier molecular flexibility index (Phi) is 14.7. The van der Waals surface area contributed by atoms with Crippen molar-refractivity contribution in [2.24, 2.45) is 5.92 Å². The number of nitrogens with one attached hydrogen (secondary N) is 2. The van der Waals surface area contributed by atoms with Crippen LogP contribution in [-0.2, 0) is 28.7 Å². The molecule has 1 saturated heterocycles. The van der Waals surface area contributed by atoms with E-state index in [0.717, 1.165) is 37.0 Å². The minimum atomic E-state index is -1.92. The van der Waals surface area contributed by atoms with Crippen molar-refractivity contribution >= 4 is 35.9 Å². The van der Waals surface area contributed by atoms with Gasteiger partial charge in [0, 0.05) is 13.1 Å². The summed E-state index contributed by atoms with van der Waals surface area (Å²) in [5.74, 6) is -4.03. The molecule has 1 heterocycles. The molecular weight excluding hydrogens is 616 g/mol. The first-order valence-electron chi connectivity index (χ1n) is 16.5. The second kappa shape index (κ2) is 17.5. The third kappa shape index (κ3) is 13.6. The summed E-state index contributed by atoms with van der Waals surface area (Å²) in [7, 11) is 0. The summed E-state index contributed by atoms with van der Waals surface area (Å²) >= 11 is 0. The Hall–Kier alpha value is -3.62. The molecule has 15 heteroatoms. The van der Waals surface area contributed by atoms with Gasteiger partial charge in [-0.1, -0.05) is 32.1 Å². The van der Waals surface area contributed by atoms with E-state index in [0.29, 0.717) is 12.8 Å². The van der Waals surface area contributed by atoms with Gasteiger partial charge in [0.25, 0.3) is 0 Å². The molecule has 1 aliphatic heterocycles. The Balaban J connectivity index is 2.16. The number of unbranched alkanes of at least 4 members (excludes halogenated alkanes) is 1. The van der Waals surface area contributed by atoms with Gasteiger partial charge in [-0.25, -0.2) is 14.4 Å². The van der Waals surface area contributed by atoms with Gasteiger partial charge in [0.05, 0.1) is 6.04 Å². The van der Waals surface area contributed by atoms with Crippen LogP contribution >= 0.6 is 0 Å². The zero-order valence-electron chi connectivity index (χ0n) is 28.6.